The summed E-state index contributed by atoms with van der Waals surface area (Å²) in [6, 6.07) is 0. The van der Waals surface area contributed by atoms with Crippen molar-refractivity contribution in [3.05, 3.63) is 0 Å². The second kappa shape index (κ2) is 17.6. The number of carbonyl (C=O) groups excluding carboxylic acids is 3. The van der Waals surface area contributed by atoms with Crippen molar-refractivity contribution in [1.29, 1.82) is 0 Å². The lowest BCUT2D eigenvalue weighted by molar-refractivity contribution is -0.138. The zero-order valence-electron chi connectivity index (χ0n) is 19.5. The Morgan fingerprint density at radius 1 is 0.781 bits per heavy atom. The number of nitrogens with one attached hydrogen (secondary N) is 1. The van der Waals surface area contributed by atoms with E-state index in [1.807, 2.05) is 9.80 Å². The molecule has 0 aromatic heterocycles. The summed E-state index contributed by atoms with van der Waals surface area (Å²) in [5.41, 5.74) is 0. The number of likely N-dealkylation sites (N-methyl/N-ethyl adjacent to an activating group) is 1. The molecule has 10 nitrogen and oxygen atoms in total. The number of hydrogen-bond acceptors (Lipinski definition) is 8. The molecule has 32 heavy (non-hydrogen) atoms. The van der Waals surface area contributed by atoms with Crippen LogP contribution in [0.4, 0.5) is 0 Å². The molecule has 1 heterocycles. The molecular weight excluding hydrogens is 414 g/mol. The maximum Gasteiger partial charge on any atom is 0.317 e. The molecule has 0 radical (unpaired) electrons. The van der Waals surface area contributed by atoms with Crippen molar-refractivity contribution in [3.63, 3.8) is 0 Å². The van der Waals surface area contributed by atoms with Crippen molar-refractivity contribution < 1.29 is 24.3 Å². The second-order valence-electron chi connectivity index (χ2n) is 8.21. The molecule has 1 rings (SSSR count). The first-order chi connectivity index (χ1) is 15.5. The van der Waals surface area contributed by atoms with Crippen molar-refractivity contribution in [2.45, 2.75) is 32.6 Å². The van der Waals surface area contributed by atoms with Crippen LogP contribution in [0, 0.1) is 0 Å². The number of unbranched alkanes of at least 4 members (excludes halogenated alkanes) is 3. The van der Waals surface area contributed by atoms with Gasteiger partial charge in [-0.05, 0) is 19.4 Å². The molecule has 0 spiro atoms. The molecule has 0 unspecified atom stereocenters. The van der Waals surface area contributed by atoms with Gasteiger partial charge in [-0.3, -0.25) is 24.3 Å². The van der Waals surface area contributed by atoms with Gasteiger partial charge in [0.1, 0.15) is 12.6 Å². The van der Waals surface area contributed by atoms with Crippen LogP contribution in [0.25, 0.3) is 0 Å². The predicted octanol–water partition coefficient (Wildman–Crippen LogP) is -0.613. The minimum atomic E-state index is -0.851. The van der Waals surface area contributed by atoms with Gasteiger partial charge in [0.25, 0.3) is 0 Å². The first-order valence-corrected chi connectivity index (χ1v) is 11.7. The number of nitrogens with zero attached hydrogens (tertiary/aromatic N) is 4. The van der Waals surface area contributed by atoms with Crippen LogP contribution < -0.4 is 5.32 Å². The quantitative estimate of drug-likeness (QED) is 0.277. The first-order valence-electron chi connectivity index (χ1n) is 11.7. The lowest BCUT2D eigenvalue weighted by Crippen LogP contribution is -2.48. The molecule has 0 atom stereocenters. The van der Waals surface area contributed by atoms with E-state index in [-0.39, 0.29) is 19.0 Å². The molecule has 0 saturated carbocycles. The van der Waals surface area contributed by atoms with E-state index >= 15 is 0 Å². The number of hydrogen-bond donors (Lipinski definition) is 2. The Morgan fingerprint density at radius 3 is 1.88 bits per heavy atom. The summed E-state index contributed by atoms with van der Waals surface area (Å²) in [7, 11) is 0. The van der Waals surface area contributed by atoms with Crippen LogP contribution in [0.2, 0.25) is 0 Å². The van der Waals surface area contributed by atoms with E-state index in [2.05, 4.69) is 22.0 Å². The topological polar surface area (TPSA) is 114 Å². The maximum atomic E-state index is 12.4. The standard InChI is InChI=1S/C22H41N5O5/c1-2-24-8-10-25(16-18-29)11-13-26(14-15-27(12-9-24)20-22(31)32)19-21(30)23-7-5-3-4-6-17-28/h17-18H,2-16,19-20H2,1H3,(H,23,30)(H,31,32). The molecule has 184 valence electrons. The van der Waals surface area contributed by atoms with Crippen molar-refractivity contribution in [2.24, 2.45) is 0 Å². The number of carboxylic acids is 1. The predicted molar refractivity (Wildman–Crippen MR) is 123 cm³/mol. The van der Waals surface area contributed by atoms with Gasteiger partial charge in [0.2, 0.25) is 5.91 Å². The molecule has 0 aromatic carbocycles. The van der Waals surface area contributed by atoms with Crippen molar-refractivity contribution in [3.8, 4) is 0 Å². The van der Waals surface area contributed by atoms with Gasteiger partial charge in [-0.15, -0.1) is 0 Å². The van der Waals surface area contributed by atoms with E-state index in [9.17, 15) is 24.3 Å². The number of amides is 1. The van der Waals surface area contributed by atoms with Gasteiger partial charge in [0, 0.05) is 65.3 Å². The highest BCUT2D eigenvalue weighted by molar-refractivity contribution is 5.78. The Morgan fingerprint density at radius 2 is 1.34 bits per heavy atom. The summed E-state index contributed by atoms with van der Waals surface area (Å²) in [6.45, 7) is 9.57. The van der Waals surface area contributed by atoms with Crippen molar-refractivity contribution in [1.82, 2.24) is 24.9 Å². The Labute approximate surface area is 191 Å². The van der Waals surface area contributed by atoms with Gasteiger partial charge in [0.05, 0.1) is 19.6 Å². The number of rotatable bonds is 13. The Balaban J connectivity index is 2.67. The molecule has 1 aliphatic heterocycles. The highest BCUT2D eigenvalue weighted by atomic mass is 16.4. The molecular formula is C22H41N5O5. The molecule has 1 fully saturated rings. The van der Waals surface area contributed by atoms with Crippen LogP contribution in [0.3, 0.4) is 0 Å². The Bertz CT molecular complexity index is 563. The summed E-state index contributed by atoms with van der Waals surface area (Å²) in [5, 5.41) is 12.2. The van der Waals surface area contributed by atoms with Crippen LogP contribution in [0.5, 0.6) is 0 Å². The van der Waals surface area contributed by atoms with Crippen molar-refractivity contribution >= 4 is 24.4 Å². The average molecular weight is 456 g/mol. The zero-order valence-corrected chi connectivity index (χ0v) is 19.5. The van der Waals surface area contributed by atoms with Gasteiger partial charge in [-0.25, -0.2) is 0 Å². The summed E-state index contributed by atoms with van der Waals surface area (Å²) < 4.78 is 0. The van der Waals surface area contributed by atoms with Crippen LogP contribution in [0.15, 0.2) is 0 Å². The Kier molecular flexibility index (Phi) is 15.5. The van der Waals surface area contributed by atoms with E-state index in [0.29, 0.717) is 52.2 Å². The SMILES string of the molecule is CCN1CCN(CC=O)CCN(CC(=O)NCCCCCC=O)CCN(CC(=O)O)CC1. The van der Waals surface area contributed by atoms with Gasteiger partial charge >= 0.3 is 5.97 Å². The molecule has 1 aliphatic rings. The van der Waals surface area contributed by atoms with E-state index in [1.54, 1.807) is 0 Å². The van der Waals surface area contributed by atoms with E-state index in [1.165, 1.54) is 0 Å². The number of carbonyl (C=O) groups is 4. The second-order valence-corrected chi connectivity index (χ2v) is 8.21. The number of carboxylic acid groups (broad SMARTS) is 1. The minimum Gasteiger partial charge on any atom is -0.480 e. The third kappa shape index (κ3) is 13.5. The molecule has 1 amide bonds. The lowest BCUT2D eigenvalue weighted by atomic mass is 10.2. The third-order valence-electron chi connectivity index (χ3n) is 5.76. The van der Waals surface area contributed by atoms with Gasteiger partial charge in [-0.1, -0.05) is 13.3 Å². The summed E-state index contributed by atoms with van der Waals surface area (Å²) in [6.07, 6.45) is 4.97. The Hall–Kier alpha value is -1.88. The summed E-state index contributed by atoms with van der Waals surface area (Å²) in [4.78, 5) is 53.5. The maximum absolute atomic E-state index is 12.4. The van der Waals surface area contributed by atoms with Gasteiger partial charge < -0.3 is 24.9 Å². The van der Waals surface area contributed by atoms with Gasteiger partial charge in [-0.2, -0.15) is 0 Å². The fourth-order valence-electron chi connectivity index (χ4n) is 3.71. The minimum absolute atomic E-state index is 0.0182. The van der Waals surface area contributed by atoms with Crippen LogP contribution >= 0.6 is 0 Å². The van der Waals surface area contributed by atoms with Crippen molar-refractivity contribution in [2.75, 3.05) is 85.1 Å². The fraction of sp³-hybridized carbons (Fsp3) is 0.818. The largest absolute Gasteiger partial charge is 0.480 e. The number of aldehydes is 2. The molecule has 0 aliphatic carbocycles. The van der Waals surface area contributed by atoms with Gasteiger partial charge in [0.15, 0.2) is 0 Å². The fourth-order valence-corrected chi connectivity index (χ4v) is 3.71. The summed E-state index contributed by atoms with van der Waals surface area (Å²) >= 11 is 0. The normalized spacial score (nSPS) is 18.4. The smallest absolute Gasteiger partial charge is 0.317 e. The number of aliphatic carboxylic acids is 1. The molecule has 1 saturated heterocycles. The van der Waals surface area contributed by atoms with Crippen LogP contribution in [0.1, 0.15) is 32.6 Å². The summed E-state index contributed by atoms with van der Waals surface area (Å²) in [5.74, 6) is -0.910. The molecule has 0 aromatic rings. The molecule has 0 bridgehead atoms. The first kappa shape index (κ1) is 28.2. The van der Waals surface area contributed by atoms with Crippen LogP contribution in [-0.2, 0) is 19.2 Å². The van der Waals surface area contributed by atoms with E-state index < -0.39 is 5.97 Å². The monoisotopic (exact) mass is 455 g/mol. The lowest BCUT2D eigenvalue weighted by Gasteiger charge is -2.32. The van der Waals surface area contributed by atoms with Crippen LogP contribution in [-0.4, -0.2) is 134 Å². The van der Waals surface area contributed by atoms with E-state index in [4.69, 9.17) is 0 Å². The highest BCUT2D eigenvalue weighted by Crippen LogP contribution is 2.01. The zero-order chi connectivity index (χ0) is 23.6. The average Bonchev–Trinajstić information content (AvgIpc) is 2.76. The third-order valence-corrected chi connectivity index (χ3v) is 5.76. The molecule has 2 N–H and O–H groups in total. The molecule has 10 heteroatoms. The highest BCUT2D eigenvalue weighted by Gasteiger charge is 2.18. The van der Waals surface area contributed by atoms with E-state index in [0.717, 1.165) is 58.0 Å².